The highest BCUT2D eigenvalue weighted by Gasteiger charge is 2.09. The smallest absolute Gasteiger partial charge is 0.165 e. The molecule has 0 radical (unpaired) electrons. The van der Waals surface area contributed by atoms with Crippen LogP contribution in [0.5, 0.6) is 5.75 Å². The van der Waals surface area contributed by atoms with E-state index in [1.54, 1.807) is 18.2 Å². The van der Waals surface area contributed by atoms with Crippen LogP contribution in [0.1, 0.15) is 35.3 Å². The largest absolute Gasteiger partial charge is 0.491 e. The summed E-state index contributed by atoms with van der Waals surface area (Å²) >= 11 is 0. The summed E-state index contributed by atoms with van der Waals surface area (Å²) in [5.74, 6) is -0.109. The molecule has 0 aliphatic rings. The number of hydrogen-bond donors (Lipinski definition) is 0. The normalized spacial score (nSPS) is 12.3. The molecule has 0 N–H and O–H groups in total. The van der Waals surface area contributed by atoms with E-state index in [2.05, 4.69) is 0 Å². The molecular formula is C24H22F2O. The van der Waals surface area contributed by atoms with Gasteiger partial charge in [0.25, 0.3) is 0 Å². The Morgan fingerprint density at radius 3 is 2.22 bits per heavy atom. The maximum absolute atomic E-state index is 14.4. The molecule has 1 nitrogen and oxygen atoms in total. The molecule has 0 saturated carbocycles. The average Bonchev–Trinajstić information content (AvgIpc) is 2.70. The highest BCUT2D eigenvalue weighted by atomic mass is 19.1. The zero-order valence-corrected chi connectivity index (χ0v) is 15.2. The van der Waals surface area contributed by atoms with Gasteiger partial charge in [0.2, 0.25) is 0 Å². The van der Waals surface area contributed by atoms with Crippen molar-refractivity contribution in [1.82, 2.24) is 0 Å². The Morgan fingerprint density at radius 1 is 0.889 bits per heavy atom. The van der Waals surface area contributed by atoms with Crippen molar-refractivity contribution < 1.29 is 13.5 Å². The SMILES string of the molecule is CCOc1ccc(/C=C/c2ccc(CC(F)c3ccccc3)cc2)cc1F. The average molecular weight is 364 g/mol. The van der Waals surface area contributed by atoms with Crippen LogP contribution in [0.2, 0.25) is 0 Å². The van der Waals surface area contributed by atoms with Crippen molar-refractivity contribution in [1.29, 1.82) is 0 Å². The van der Waals surface area contributed by atoms with Gasteiger partial charge in [-0.2, -0.15) is 0 Å². The first-order chi connectivity index (χ1) is 13.2. The van der Waals surface area contributed by atoms with Crippen molar-refractivity contribution in [3.8, 4) is 5.75 Å². The standard InChI is InChI=1S/C24H22F2O/c1-2-27-24-15-14-20(17-23(24)26)13-10-18-8-11-19(12-9-18)16-22(25)21-6-4-3-5-7-21/h3-15,17,22H,2,16H2,1H3/b13-10+. The van der Waals surface area contributed by atoms with Gasteiger partial charge in [0, 0.05) is 6.42 Å². The van der Waals surface area contributed by atoms with E-state index in [-0.39, 0.29) is 11.6 Å². The lowest BCUT2D eigenvalue weighted by Gasteiger charge is -2.08. The topological polar surface area (TPSA) is 9.23 Å². The van der Waals surface area contributed by atoms with E-state index in [1.165, 1.54) is 6.07 Å². The van der Waals surface area contributed by atoms with E-state index in [9.17, 15) is 8.78 Å². The van der Waals surface area contributed by atoms with Gasteiger partial charge < -0.3 is 4.74 Å². The van der Waals surface area contributed by atoms with Crippen LogP contribution in [0.25, 0.3) is 12.2 Å². The second kappa shape index (κ2) is 9.13. The van der Waals surface area contributed by atoms with Crippen LogP contribution >= 0.6 is 0 Å². The summed E-state index contributed by atoms with van der Waals surface area (Å²) in [4.78, 5) is 0. The van der Waals surface area contributed by atoms with Gasteiger partial charge in [-0.05, 0) is 41.3 Å². The van der Waals surface area contributed by atoms with Crippen molar-refractivity contribution in [3.63, 3.8) is 0 Å². The van der Waals surface area contributed by atoms with Gasteiger partial charge in [-0.15, -0.1) is 0 Å². The van der Waals surface area contributed by atoms with E-state index in [0.717, 1.165) is 16.7 Å². The van der Waals surface area contributed by atoms with Crippen molar-refractivity contribution in [3.05, 3.63) is 101 Å². The fraction of sp³-hybridized carbons (Fsp3) is 0.167. The zero-order valence-electron chi connectivity index (χ0n) is 15.2. The predicted molar refractivity (Wildman–Crippen MR) is 107 cm³/mol. The van der Waals surface area contributed by atoms with Crippen LogP contribution in [0.4, 0.5) is 8.78 Å². The third-order valence-electron chi connectivity index (χ3n) is 4.28. The van der Waals surface area contributed by atoms with Crippen molar-refractivity contribution >= 4 is 12.2 Å². The summed E-state index contributed by atoms with van der Waals surface area (Å²) < 4.78 is 33.4. The molecule has 27 heavy (non-hydrogen) atoms. The van der Waals surface area contributed by atoms with Crippen LogP contribution < -0.4 is 4.74 Å². The third kappa shape index (κ3) is 5.27. The van der Waals surface area contributed by atoms with Crippen molar-refractivity contribution in [2.75, 3.05) is 6.61 Å². The lowest BCUT2D eigenvalue weighted by molar-refractivity contribution is 0.321. The van der Waals surface area contributed by atoms with Gasteiger partial charge in [-0.3, -0.25) is 0 Å². The third-order valence-corrected chi connectivity index (χ3v) is 4.28. The summed E-state index contributed by atoms with van der Waals surface area (Å²) in [6.07, 6.45) is 3.08. The second-order valence-electron chi connectivity index (χ2n) is 6.28. The number of rotatable bonds is 7. The molecule has 0 fully saturated rings. The van der Waals surface area contributed by atoms with Crippen LogP contribution in [0.15, 0.2) is 72.8 Å². The van der Waals surface area contributed by atoms with E-state index in [0.29, 0.717) is 18.6 Å². The molecule has 0 bridgehead atoms. The Labute approximate surface area is 158 Å². The first-order valence-corrected chi connectivity index (χ1v) is 9.04. The number of ether oxygens (including phenoxy) is 1. The molecule has 0 spiro atoms. The molecule has 138 valence electrons. The first kappa shape index (κ1) is 18.8. The highest BCUT2D eigenvalue weighted by molar-refractivity contribution is 5.70. The van der Waals surface area contributed by atoms with E-state index in [1.807, 2.05) is 67.6 Å². The molecular weight excluding hydrogens is 342 g/mol. The maximum atomic E-state index is 14.4. The highest BCUT2D eigenvalue weighted by Crippen LogP contribution is 2.23. The molecule has 0 heterocycles. The minimum Gasteiger partial charge on any atom is -0.491 e. The van der Waals surface area contributed by atoms with Crippen LogP contribution in [-0.4, -0.2) is 6.61 Å². The molecule has 1 atom stereocenters. The summed E-state index contributed by atoms with van der Waals surface area (Å²) in [6, 6.07) is 21.8. The lowest BCUT2D eigenvalue weighted by atomic mass is 10.0. The summed E-state index contributed by atoms with van der Waals surface area (Å²) in [5, 5.41) is 0. The Morgan fingerprint density at radius 2 is 1.56 bits per heavy atom. The number of benzene rings is 3. The predicted octanol–water partition coefficient (Wildman–Crippen LogP) is 6.65. The molecule has 1 unspecified atom stereocenters. The fourth-order valence-electron chi connectivity index (χ4n) is 2.84. The molecule has 3 rings (SSSR count). The van der Waals surface area contributed by atoms with Gasteiger partial charge >= 0.3 is 0 Å². The van der Waals surface area contributed by atoms with Gasteiger partial charge in [-0.25, -0.2) is 8.78 Å². The maximum Gasteiger partial charge on any atom is 0.165 e. The molecule has 0 aliphatic heterocycles. The van der Waals surface area contributed by atoms with Gasteiger partial charge in [-0.1, -0.05) is 72.8 Å². The summed E-state index contributed by atoms with van der Waals surface area (Å²) in [5.41, 5.74) is 3.37. The van der Waals surface area contributed by atoms with Crippen molar-refractivity contribution in [2.24, 2.45) is 0 Å². The second-order valence-corrected chi connectivity index (χ2v) is 6.28. The van der Waals surface area contributed by atoms with Crippen LogP contribution in [0.3, 0.4) is 0 Å². The van der Waals surface area contributed by atoms with E-state index in [4.69, 9.17) is 4.74 Å². The van der Waals surface area contributed by atoms with E-state index >= 15 is 0 Å². The fourth-order valence-corrected chi connectivity index (χ4v) is 2.84. The van der Waals surface area contributed by atoms with Gasteiger partial charge in [0.1, 0.15) is 6.17 Å². The van der Waals surface area contributed by atoms with Crippen LogP contribution in [0, 0.1) is 5.82 Å². The van der Waals surface area contributed by atoms with Gasteiger partial charge in [0.15, 0.2) is 11.6 Å². The van der Waals surface area contributed by atoms with Crippen LogP contribution in [-0.2, 0) is 6.42 Å². The molecule has 0 amide bonds. The Hall–Kier alpha value is -2.94. The molecule has 0 aromatic heterocycles. The number of halogens is 2. The minimum atomic E-state index is -1.01. The van der Waals surface area contributed by atoms with E-state index < -0.39 is 6.17 Å². The lowest BCUT2D eigenvalue weighted by Crippen LogP contribution is -1.96. The minimum absolute atomic E-state index is 0.262. The van der Waals surface area contributed by atoms with Crippen molar-refractivity contribution in [2.45, 2.75) is 19.5 Å². The molecule has 3 heteroatoms. The molecule has 0 aliphatic carbocycles. The molecule has 0 saturated heterocycles. The summed E-state index contributed by atoms with van der Waals surface area (Å²) in [7, 11) is 0. The Kier molecular flexibility index (Phi) is 6.37. The monoisotopic (exact) mass is 364 g/mol. The number of alkyl halides is 1. The molecule has 3 aromatic carbocycles. The van der Waals surface area contributed by atoms with Gasteiger partial charge in [0.05, 0.1) is 6.61 Å². The summed E-state index contributed by atoms with van der Waals surface area (Å²) in [6.45, 7) is 2.25. The molecule has 3 aromatic rings. The Bertz CT molecular complexity index is 886. The zero-order chi connectivity index (χ0) is 19.1. The number of hydrogen-bond acceptors (Lipinski definition) is 1. The quantitative estimate of drug-likeness (QED) is 0.427. The first-order valence-electron chi connectivity index (χ1n) is 9.04. The Balaban J connectivity index is 1.63.